The van der Waals surface area contributed by atoms with Crippen LogP contribution < -0.4 is 9.64 Å². The first-order chi connectivity index (χ1) is 13.7. The third-order valence-corrected chi connectivity index (χ3v) is 4.70. The zero-order chi connectivity index (χ0) is 19.5. The summed E-state index contributed by atoms with van der Waals surface area (Å²) in [5.74, 6) is 0.855. The molecule has 0 bridgehead atoms. The van der Waals surface area contributed by atoms with Crippen LogP contribution in [0.25, 0.3) is 0 Å². The average Bonchev–Trinajstić information content (AvgIpc) is 3.16. The Balaban J connectivity index is 1.56. The van der Waals surface area contributed by atoms with Gasteiger partial charge in [0.25, 0.3) is 5.91 Å². The van der Waals surface area contributed by atoms with Gasteiger partial charge in [-0.2, -0.15) is 0 Å². The number of carbonyl (C=O) groups excluding carboxylic acids is 2. The Labute approximate surface area is 163 Å². The standard InChI is InChI=1S/C23H19NO4/c1-27-23(26)18-10-11-21-16(14-18)12-13-24(21)22(25)17-6-5-9-20(15-17)28-19-7-3-2-4-8-19/h2-11,14-15H,12-13H2,1H3. The summed E-state index contributed by atoms with van der Waals surface area (Å²) in [5.41, 5.74) is 2.84. The van der Waals surface area contributed by atoms with E-state index in [2.05, 4.69) is 0 Å². The van der Waals surface area contributed by atoms with E-state index >= 15 is 0 Å². The molecule has 3 aromatic carbocycles. The number of nitrogens with zero attached hydrogens (tertiary/aromatic N) is 1. The molecule has 1 aliphatic rings. The molecule has 1 aliphatic heterocycles. The highest BCUT2D eigenvalue weighted by atomic mass is 16.5. The lowest BCUT2D eigenvalue weighted by molar-refractivity contribution is 0.0600. The number of para-hydroxylation sites is 1. The summed E-state index contributed by atoms with van der Waals surface area (Å²) in [7, 11) is 1.36. The fraction of sp³-hybridized carbons (Fsp3) is 0.130. The van der Waals surface area contributed by atoms with Crippen LogP contribution in [0.3, 0.4) is 0 Å². The zero-order valence-corrected chi connectivity index (χ0v) is 15.4. The molecule has 5 nitrogen and oxygen atoms in total. The SMILES string of the molecule is COC(=O)c1ccc2c(c1)CCN2C(=O)c1cccc(Oc2ccccc2)c1. The second-order valence-corrected chi connectivity index (χ2v) is 6.48. The number of hydrogen-bond donors (Lipinski definition) is 0. The highest BCUT2D eigenvalue weighted by molar-refractivity contribution is 6.07. The quantitative estimate of drug-likeness (QED) is 0.633. The number of ether oxygens (including phenoxy) is 2. The predicted octanol–water partition coefficient (Wildman–Crippen LogP) is 4.47. The topological polar surface area (TPSA) is 55.8 Å². The molecule has 28 heavy (non-hydrogen) atoms. The summed E-state index contributed by atoms with van der Waals surface area (Å²) >= 11 is 0. The Kier molecular flexibility index (Phi) is 4.81. The number of fused-ring (bicyclic) bond motifs is 1. The molecule has 0 N–H and O–H groups in total. The van der Waals surface area contributed by atoms with Crippen LogP contribution in [-0.4, -0.2) is 25.5 Å². The summed E-state index contributed by atoms with van der Waals surface area (Å²) in [6.45, 7) is 0.572. The van der Waals surface area contributed by atoms with Crippen molar-refractivity contribution in [3.63, 3.8) is 0 Å². The molecule has 1 heterocycles. The van der Waals surface area contributed by atoms with Gasteiger partial charge >= 0.3 is 5.97 Å². The normalized spacial score (nSPS) is 12.4. The second kappa shape index (κ2) is 7.56. The molecule has 3 aromatic rings. The first kappa shape index (κ1) is 17.8. The third-order valence-electron chi connectivity index (χ3n) is 4.70. The van der Waals surface area contributed by atoms with Gasteiger partial charge in [0.2, 0.25) is 0 Å². The minimum Gasteiger partial charge on any atom is -0.465 e. The number of amides is 1. The molecule has 0 saturated heterocycles. The Hall–Kier alpha value is -3.60. The molecule has 0 radical (unpaired) electrons. The molecule has 4 rings (SSSR count). The van der Waals surface area contributed by atoms with E-state index in [0.717, 1.165) is 11.3 Å². The largest absolute Gasteiger partial charge is 0.465 e. The molecule has 0 aromatic heterocycles. The van der Waals surface area contributed by atoms with Gasteiger partial charge in [-0.05, 0) is 60.5 Å². The summed E-state index contributed by atoms with van der Waals surface area (Å²) in [4.78, 5) is 26.5. The van der Waals surface area contributed by atoms with Gasteiger partial charge in [-0.15, -0.1) is 0 Å². The van der Waals surface area contributed by atoms with Gasteiger partial charge in [0.15, 0.2) is 0 Å². The van der Waals surface area contributed by atoms with Gasteiger partial charge in [0, 0.05) is 17.8 Å². The van der Waals surface area contributed by atoms with E-state index in [1.54, 1.807) is 35.2 Å². The monoisotopic (exact) mass is 373 g/mol. The number of esters is 1. The lowest BCUT2D eigenvalue weighted by Gasteiger charge is -2.18. The molecular formula is C23H19NO4. The number of hydrogen-bond acceptors (Lipinski definition) is 4. The van der Waals surface area contributed by atoms with Crippen molar-refractivity contribution in [1.29, 1.82) is 0 Å². The molecule has 0 spiro atoms. The fourth-order valence-corrected chi connectivity index (χ4v) is 3.33. The first-order valence-corrected chi connectivity index (χ1v) is 9.02. The van der Waals surface area contributed by atoms with E-state index in [9.17, 15) is 9.59 Å². The van der Waals surface area contributed by atoms with Gasteiger partial charge < -0.3 is 14.4 Å². The Morgan fingerprint density at radius 1 is 0.857 bits per heavy atom. The first-order valence-electron chi connectivity index (χ1n) is 9.02. The second-order valence-electron chi connectivity index (χ2n) is 6.48. The zero-order valence-electron chi connectivity index (χ0n) is 15.4. The van der Waals surface area contributed by atoms with Crippen molar-refractivity contribution in [2.45, 2.75) is 6.42 Å². The minimum absolute atomic E-state index is 0.0944. The van der Waals surface area contributed by atoms with Crippen LogP contribution in [0.2, 0.25) is 0 Å². The van der Waals surface area contributed by atoms with Gasteiger partial charge in [-0.25, -0.2) is 4.79 Å². The van der Waals surface area contributed by atoms with E-state index < -0.39 is 0 Å². The number of rotatable bonds is 4. The van der Waals surface area contributed by atoms with Crippen molar-refractivity contribution in [2.24, 2.45) is 0 Å². The van der Waals surface area contributed by atoms with Crippen LogP contribution in [0.5, 0.6) is 11.5 Å². The van der Waals surface area contributed by atoms with Crippen LogP contribution in [0.4, 0.5) is 5.69 Å². The molecular weight excluding hydrogens is 354 g/mol. The number of benzene rings is 3. The number of methoxy groups -OCH3 is 1. The molecule has 0 aliphatic carbocycles. The van der Waals surface area contributed by atoms with E-state index in [4.69, 9.17) is 9.47 Å². The average molecular weight is 373 g/mol. The Morgan fingerprint density at radius 3 is 2.43 bits per heavy atom. The van der Waals surface area contributed by atoms with E-state index in [1.807, 2.05) is 42.5 Å². The Morgan fingerprint density at radius 2 is 1.64 bits per heavy atom. The summed E-state index contributed by atoms with van der Waals surface area (Å²) < 4.78 is 10.6. The molecule has 1 amide bonds. The molecule has 0 saturated carbocycles. The van der Waals surface area contributed by atoms with Crippen molar-refractivity contribution in [1.82, 2.24) is 0 Å². The minimum atomic E-state index is -0.377. The van der Waals surface area contributed by atoms with Crippen molar-refractivity contribution < 1.29 is 19.1 Å². The third kappa shape index (κ3) is 3.47. The lowest BCUT2D eigenvalue weighted by Crippen LogP contribution is -2.28. The highest BCUT2D eigenvalue weighted by Gasteiger charge is 2.26. The smallest absolute Gasteiger partial charge is 0.337 e. The maximum absolute atomic E-state index is 13.1. The van der Waals surface area contributed by atoms with Gasteiger partial charge in [0.05, 0.1) is 12.7 Å². The van der Waals surface area contributed by atoms with Crippen LogP contribution in [0, 0.1) is 0 Å². The highest BCUT2D eigenvalue weighted by Crippen LogP contribution is 2.31. The summed E-state index contributed by atoms with van der Waals surface area (Å²) in [5, 5.41) is 0. The van der Waals surface area contributed by atoms with Gasteiger partial charge in [0.1, 0.15) is 11.5 Å². The maximum atomic E-state index is 13.1. The van der Waals surface area contributed by atoms with Crippen molar-refractivity contribution in [3.05, 3.63) is 89.5 Å². The Bertz CT molecular complexity index is 1030. The van der Waals surface area contributed by atoms with E-state index in [1.165, 1.54) is 7.11 Å². The van der Waals surface area contributed by atoms with E-state index in [-0.39, 0.29) is 11.9 Å². The van der Waals surface area contributed by atoms with Gasteiger partial charge in [-0.3, -0.25) is 4.79 Å². The molecule has 0 fully saturated rings. The summed E-state index contributed by atoms with van der Waals surface area (Å²) in [6, 6.07) is 21.9. The van der Waals surface area contributed by atoms with Crippen LogP contribution in [-0.2, 0) is 11.2 Å². The van der Waals surface area contributed by atoms with Crippen molar-refractivity contribution in [2.75, 3.05) is 18.6 Å². The van der Waals surface area contributed by atoms with Crippen molar-refractivity contribution >= 4 is 17.6 Å². The van der Waals surface area contributed by atoms with Crippen LogP contribution in [0.1, 0.15) is 26.3 Å². The fourth-order valence-electron chi connectivity index (χ4n) is 3.33. The molecule has 0 atom stereocenters. The predicted molar refractivity (Wildman–Crippen MR) is 106 cm³/mol. The number of carbonyl (C=O) groups is 2. The lowest BCUT2D eigenvalue weighted by atomic mass is 10.1. The summed E-state index contributed by atoms with van der Waals surface area (Å²) in [6.07, 6.45) is 0.701. The van der Waals surface area contributed by atoms with E-state index in [0.29, 0.717) is 35.6 Å². The van der Waals surface area contributed by atoms with Crippen molar-refractivity contribution in [3.8, 4) is 11.5 Å². The van der Waals surface area contributed by atoms with Crippen LogP contribution >= 0.6 is 0 Å². The molecule has 140 valence electrons. The molecule has 5 heteroatoms. The number of anilines is 1. The maximum Gasteiger partial charge on any atom is 0.337 e. The van der Waals surface area contributed by atoms with Crippen LogP contribution in [0.15, 0.2) is 72.8 Å². The van der Waals surface area contributed by atoms with Gasteiger partial charge in [-0.1, -0.05) is 24.3 Å². The molecule has 0 unspecified atom stereocenters.